The molecule has 0 fully saturated rings. The van der Waals surface area contributed by atoms with Crippen molar-refractivity contribution in [2.45, 2.75) is 26.6 Å². The average molecular weight is 423 g/mol. The van der Waals surface area contributed by atoms with Gasteiger partial charge in [0, 0.05) is 24.8 Å². The number of carbonyl (C=O) groups is 1. The van der Waals surface area contributed by atoms with Crippen molar-refractivity contribution in [1.82, 2.24) is 24.9 Å². The summed E-state index contributed by atoms with van der Waals surface area (Å²) in [4.78, 5) is 22.4. The fraction of sp³-hybridized carbons (Fsp3) is 0.267. The molecule has 3 rings (SSSR count). The zero-order valence-electron chi connectivity index (χ0n) is 13.8. The van der Waals surface area contributed by atoms with Crippen LogP contribution in [0.25, 0.3) is 0 Å². The van der Waals surface area contributed by atoms with Crippen LogP contribution in [0.3, 0.4) is 0 Å². The van der Waals surface area contributed by atoms with Crippen molar-refractivity contribution in [2.75, 3.05) is 0 Å². The van der Waals surface area contributed by atoms with Crippen LogP contribution in [0.5, 0.6) is 0 Å². The van der Waals surface area contributed by atoms with Crippen LogP contribution in [0.1, 0.15) is 28.8 Å². The van der Waals surface area contributed by atoms with Crippen LogP contribution in [0, 0.1) is 10.1 Å². The Morgan fingerprint density at radius 2 is 2.19 bits per heavy atom. The molecule has 0 saturated carbocycles. The van der Waals surface area contributed by atoms with Gasteiger partial charge in [0.15, 0.2) is 5.76 Å². The summed E-state index contributed by atoms with van der Waals surface area (Å²) in [6.45, 7) is 3.25. The van der Waals surface area contributed by atoms with Crippen molar-refractivity contribution in [3.05, 3.63) is 62.4 Å². The number of rotatable bonds is 7. The summed E-state index contributed by atoms with van der Waals surface area (Å²) in [6, 6.07) is 3.18. The lowest BCUT2D eigenvalue weighted by atomic mass is 10.3. The van der Waals surface area contributed by atoms with Crippen LogP contribution in [-0.4, -0.2) is 30.4 Å². The zero-order chi connectivity index (χ0) is 18.7. The van der Waals surface area contributed by atoms with E-state index in [9.17, 15) is 14.9 Å². The zero-order valence-corrected chi connectivity index (χ0v) is 15.3. The Hall–Kier alpha value is -2.95. The number of nitrogens with one attached hydrogen (secondary N) is 1. The van der Waals surface area contributed by atoms with Gasteiger partial charge in [-0.1, -0.05) is 0 Å². The van der Waals surface area contributed by atoms with E-state index in [0.29, 0.717) is 12.3 Å². The molecule has 11 heteroatoms. The predicted molar refractivity (Wildman–Crippen MR) is 93.5 cm³/mol. The third kappa shape index (κ3) is 3.99. The molecule has 3 aromatic rings. The van der Waals surface area contributed by atoms with Crippen molar-refractivity contribution in [2.24, 2.45) is 0 Å². The van der Waals surface area contributed by atoms with E-state index in [2.05, 4.69) is 31.4 Å². The molecular weight excluding hydrogens is 408 g/mol. The fourth-order valence-corrected chi connectivity index (χ4v) is 2.74. The topological polar surface area (TPSA) is 121 Å². The number of hydrogen-bond acceptors (Lipinski definition) is 6. The summed E-state index contributed by atoms with van der Waals surface area (Å²) >= 11 is 3.08. The lowest BCUT2D eigenvalue weighted by molar-refractivity contribution is -0.390. The van der Waals surface area contributed by atoms with Crippen molar-refractivity contribution in [3.8, 4) is 0 Å². The largest absolute Gasteiger partial charge is 0.454 e. The minimum Gasteiger partial charge on any atom is -0.454 e. The minimum atomic E-state index is -0.581. The third-order valence-corrected chi connectivity index (χ3v) is 4.10. The summed E-state index contributed by atoms with van der Waals surface area (Å²) < 4.78 is 8.91. The van der Waals surface area contributed by atoms with Gasteiger partial charge in [-0.25, -0.2) is 0 Å². The van der Waals surface area contributed by atoms with E-state index in [1.165, 1.54) is 10.9 Å². The molecule has 0 aliphatic rings. The molecule has 0 atom stereocenters. The Morgan fingerprint density at radius 1 is 1.38 bits per heavy atom. The molecule has 0 unspecified atom stereocenters. The smallest absolute Gasteiger partial charge is 0.404 e. The van der Waals surface area contributed by atoms with Gasteiger partial charge in [0.05, 0.1) is 17.5 Å². The maximum atomic E-state index is 12.2. The fourth-order valence-electron chi connectivity index (χ4n) is 2.28. The molecule has 0 aliphatic heterocycles. The molecule has 3 aromatic heterocycles. The lowest BCUT2D eigenvalue weighted by Gasteiger charge is -2.00. The number of nitrogens with zero attached hydrogens (tertiary/aromatic N) is 5. The van der Waals surface area contributed by atoms with Gasteiger partial charge >= 0.3 is 5.82 Å². The van der Waals surface area contributed by atoms with Crippen LogP contribution in [0.15, 0.2) is 39.6 Å². The monoisotopic (exact) mass is 422 g/mol. The van der Waals surface area contributed by atoms with Crippen LogP contribution in [0.2, 0.25) is 0 Å². The first-order valence-corrected chi connectivity index (χ1v) is 8.51. The molecule has 0 spiro atoms. The summed E-state index contributed by atoms with van der Waals surface area (Å²) in [5.41, 5.74) is 0.890. The first kappa shape index (κ1) is 17.9. The standard InChI is InChI=1S/C15H15BrN6O4/c1-2-20-7-10(6-18-20)5-17-15(23)13-4-3-11(26-13)8-21-9-12(16)14(19-21)22(24)25/h3-4,6-7,9H,2,5,8H2,1H3,(H,17,23). The van der Waals surface area contributed by atoms with Crippen molar-refractivity contribution in [3.63, 3.8) is 0 Å². The van der Waals surface area contributed by atoms with Gasteiger partial charge < -0.3 is 19.8 Å². The molecule has 10 nitrogen and oxygen atoms in total. The highest BCUT2D eigenvalue weighted by atomic mass is 79.9. The lowest BCUT2D eigenvalue weighted by Crippen LogP contribution is -2.22. The number of carbonyl (C=O) groups excluding carboxylic acids is 1. The van der Waals surface area contributed by atoms with Gasteiger partial charge in [0.1, 0.15) is 16.8 Å². The SMILES string of the molecule is CCn1cc(CNC(=O)c2ccc(Cn3cc(Br)c([N+](=O)[O-])n3)o2)cn1. The quantitative estimate of drug-likeness (QED) is 0.460. The Labute approximate surface area is 156 Å². The Balaban J connectivity index is 1.60. The minimum absolute atomic E-state index is 0.156. The van der Waals surface area contributed by atoms with Crippen LogP contribution in [0.4, 0.5) is 5.82 Å². The Kier molecular flexibility index (Phi) is 5.16. The first-order valence-electron chi connectivity index (χ1n) is 7.72. The number of amides is 1. The molecule has 136 valence electrons. The molecule has 26 heavy (non-hydrogen) atoms. The number of furan rings is 1. The summed E-state index contributed by atoms with van der Waals surface area (Å²) in [7, 11) is 0. The van der Waals surface area contributed by atoms with Crippen LogP contribution >= 0.6 is 15.9 Å². The molecule has 3 heterocycles. The van der Waals surface area contributed by atoms with Crippen molar-refractivity contribution < 1.29 is 14.1 Å². The number of aromatic nitrogens is 4. The molecule has 1 amide bonds. The second-order valence-electron chi connectivity index (χ2n) is 5.41. The Morgan fingerprint density at radius 3 is 2.85 bits per heavy atom. The van der Waals surface area contributed by atoms with Gasteiger partial charge in [0.2, 0.25) is 0 Å². The van der Waals surface area contributed by atoms with Gasteiger partial charge in [0.25, 0.3) is 5.91 Å². The van der Waals surface area contributed by atoms with E-state index in [0.717, 1.165) is 12.1 Å². The molecule has 0 aliphatic carbocycles. The number of nitro groups is 1. The molecule has 0 aromatic carbocycles. The maximum absolute atomic E-state index is 12.2. The van der Waals surface area contributed by atoms with E-state index < -0.39 is 4.92 Å². The second-order valence-corrected chi connectivity index (χ2v) is 6.26. The van der Waals surface area contributed by atoms with E-state index in [1.807, 2.05) is 13.1 Å². The predicted octanol–water partition coefficient (Wildman–Crippen LogP) is 2.34. The molecule has 0 bridgehead atoms. The van der Waals surface area contributed by atoms with E-state index in [4.69, 9.17) is 4.42 Å². The number of aryl methyl sites for hydroxylation is 1. The van der Waals surface area contributed by atoms with Crippen LogP contribution < -0.4 is 5.32 Å². The average Bonchev–Trinajstić information content (AvgIpc) is 3.32. The molecular formula is C15H15BrN6O4. The Bertz CT molecular complexity index is 944. The van der Waals surface area contributed by atoms with E-state index in [-0.39, 0.29) is 28.5 Å². The van der Waals surface area contributed by atoms with Gasteiger partial charge in [-0.15, -0.1) is 0 Å². The second kappa shape index (κ2) is 7.52. The highest BCUT2D eigenvalue weighted by Crippen LogP contribution is 2.22. The summed E-state index contributed by atoms with van der Waals surface area (Å²) in [6.07, 6.45) is 5.03. The van der Waals surface area contributed by atoms with Crippen LogP contribution in [-0.2, 0) is 19.6 Å². The third-order valence-electron chi connectivity index (χ3n) is 3.54. The maximum Gasteiger partial charge on any atom is 0.404 e. The van der Waals surface area contributed by atoms with Gasteiger partial charge in [-0.05, 0) is 39.9 Å². The van der Waals surface area contributed by atoms with Crippen molar-refractivity contribution >= 4 is 27.7 Å². The number of halogens is 1. The van der Waals surface area contributed by atoms with Gasteiger partial charge in [-0.3, -0.25) is 9.48 Å². The van der Waals surface area contributed by atoms with Crippen molar-refractivity contribution in [1.29, 1.82) is 0 Å². The summed E-state index contributed by atoms with van der Waals surface area (Å²) in [5.74, 6) is -0.0160. The number of hydrogen-bond donors (Lipinski definition) is 1. The highest BCUT2D eigenvalue weighted by molar-refractivity contribution is 9.10. The van der Waals surface area contributed by atoms with E-state index in [1.54, 1.807) is 23.0 Å². The first-order chi connectivity index (χ1) is 12.5. The molecule has 0 radical (unpaired) electrons. The molecule has 0 saturated heterocycles. The normalized spacial score (nSPS) is 10.8. The highest BCUT2D eigenvalue weighted by Gasteiger charge is 2.20. The molecule has 1 N–H and O–H groups in total. The van der Waals surface area contributed by atoms with E-state index >= 15 is 0 Å². The summed E-state index contributed by atoms with van der Waals surface area (Å²) in [5, 5.41) is 21.5. The van der Waals surface area contributed by atoms with Gasteiger partial charge in [-0.2, -0.15) is 9.78 Å².